The Morgan fingerprint density at radius 3 is 2.32 bits per heavy atom. The van der Waals surface area contributed by atoms with Crippen molar-refractivity contribution in [2.75, 3.05) is 7.11 Å². The third-order valence-corrected chi connectivity index (χ3v) is 6.44. The summed E-state index contributed by atoms with van der Waals surface area (Å²) in [4.78, 5) is 3.40. The number of ether oxygens (including phenoxy) is 1. The first kappa shape index (κ1) is 22.4. The smallest absolute Gasteiger partial charge is 0.119 e. The van der Waals surface area contributed by atoms with E-state index in [1.807, 2.05) is 54.7 Å². The van der Waals surface area contributed by atoms with Crippen molar-refractivity contribution in [2.45, 2.75) is 12.8 Å². The van der Waals surface area contributed by atoms with E-state index in [2.05, 4.69) is 52.0 Å². The topological polar surface area (TPSA) is 29.9 Å². The molecular weight excluding hydrogens is 463 g/mol. The van der Waals surface area contributed by atoms with Crippen LogP contribution in [0.4, 0.5) is 0 Å². The number of aromatic amines is 1. The monoisotopic (exact) mass is 486 g/mol. The molecule has 0 atom stereocenters. The Kier molecular flexibility index (Phi) is 6.48. The number of H-pyrrole nitrogens is 1. The molecule has 2 heterocycles. The van der Waals surface area contributed by atoms with Crippen LogP contribution in [0.3, 0.4) is 0 Å². The van der Waals surface area contributed by atoms with Crippen LogP contribution in [0.5, 0.6) is 5.75 Å². The molecule has 3 nitrogen and oxygen atoms in total. The Morgan fingerprint density at radius 2 is 1.59 bits per heavy atom. The van der Waals surface area contributed by atoms with E-state index >= 15 is 0 Å². The fraction of sp³-hybridized carbons (Fsp3) is 0.103. The predicted molar refractivity (Wildman–Crippen MR) is 141 cm³/mol. The SMILES string of the molecule is COc1cccc(Cc2cc(-c3cccc(Cl)c3)n(-c3ccc[nH]3)c2Cc2ccc(Cl)cc2)c1. The van der Waals surface area contributed by atoms with Crippen molar-refractivity contribution in [1.82, 2.24) is 9.55 Å². The molecule has 0 unspecified atom stereocenters. The number of halogens is 2. The van der Waals surface area contributed by atoms with Gasteiger partial charge in [-0.1, -0.05) is 59.6 Å². The van der Waals surface area contributed by atoms with Gasteiger partial charge in [0.25, 0.3) is 0 Å². The van der Waals surface area contributed by atoms with Crippen LogP contribution in [0, 0.1) is 0 Å². The number of rotatable bonds is 7. The molecule has 5 aromatic rings. The van der Waals surface area contributed by atoms with Gasteiger partial charge in [0.2, 0.25) is 0 Å². The molecule has 0 aliphatic rings. The van der Waals surface area contributed by atoms with Gasteiger partial charge in [0.1, 0.15) is 11.6 Å². The normalized spacial score (nSPS) is 11.0. The van der Waals surface area contributed by atoms with Crippen LogP contribution < -0.4 is 4.74 Å². The van der Waals surface area contributed by atoms with Crippen LogP contribution in [0.2, 0.25) is 10.0 Å². The molecule has 0 saturated carbocycles. The maximum absolute atomic E-state index is 6.38. The van der Waals surface area contributed by atoms with E-state index in [0.717, 1.165) is 40.7 Å². The molecule has 5 rings (SSSR count). The highest BCUT2D eigenvalue weighted by Gasteiger charge is 2.19. The summed E-state index contributed by atoms with van der Waals surface area (Å²) in [6.45, 7) is 0. The number of methoxy groups -OCH3 is 1. The van der Waals surface area contributed by atoms with Gasteiger partial charge in [0.05, 0.1) is 12.8 Å². The molecule has 0 bridgehead atoms. The Morgan fingerprint density at radius 1 is 0.765 bits per heavy atom. The zero-order valence-corrected chi connectivity index (χ0v) is 20.3. The zero-order valence-electron chi connectivity index (χ0n) is 18.8. The summed E-state index contributed by atoms with van der Waals surface area (Å²) in [6, 6.07) is 30.7. The average molecular weight is 487 g/mol. The molecule has 0 saturated heterocycles. The molecule has 0 fully saturated rings. The van der Waals surface area contributed by atoms with E-state index in [1.54, 1.807) is 7.11 Å². The molecule has 34 heavy (non-hydrogen) atoms. The van der Waals surface area contributed by atoms with E-state index in [1.165, 1.54) is 22.4 Å². The van der Waals surface area contributed by atoms with Gasteiger partial charge in [-0.2, -0.15) is 0 Å². The van der Waals surface area contributed by atoms with E-state index in [-0.39, 0.29) is 0 Å². The summed E-state index contributed by atoms with van der Waals surface area (Å²) >= 11 is 12.5. The number of benzene rings is 3. The summed E-state index contributed by atoms with van der Waals surface area (Å²) < 4.78 is 7.76. The Balaban J connectivity index is 1.69. The van der Waals surface area contributed by atoms with Crippen molar-refractivity contribution in [3.8, 4) is 22.8 Å². The number of nitrogens with one attached hydrogen (secondary N) is 1. The van der Waals surface area contributed by atoms with Gasteiger partial charge in [-0.05, 0) is 77.7 Å². The lowest BCUT2D eigenvalue weighted by Gasteiger charge is -2.14. The summed E-state index contributed by atoms with van der Waals surface area (Å²) in [7, 11) is 1.70. The first-order chi connectivity index (χ1) is 16.6. The quantitative estimate of drug-likeness (QED) is 0.248. The number of hydrogen-bond acceptors (Lipinski definition) is 1. The molecule has 0 aliphatic heterocycles. The minimum atomic E-state index is 0.713. The molecule has 0 spiro atoms. The molecule has 0 amide bonds. The zero-order chi connectivity index (χ0) is 23.5. The minimum Gasteiger partial charge on any atom is -0.497 e. The van der Waals surface area contributed by atoms with Gasteiger partial charge in [0, 0.05) is 33.9 Å². The second kappa shape index (κ2) is 9.84. The largest absolute Gasteiger partial charge is 0.497 e. The summed E-state index contributed by atoms with van der Waals surface area (Å²) in [5.74, 6) is 1.87. The van der Waals surface area contributed by atoms with Crippen molar-refractivity contribution in [1.29, 1.82) is 0 Å². The lowest BCUT2D eigenvalue weighted by atomic mass is 10.0. The van der Waals surface area contributed by atoms with Crippen molar-refractivity contribution in [3.63, 3.8) is 0 Å². The van der Waals surface area contributed by atoms with Gasteiger partial charge < -0.3 is 9.72 Å². The molecule has 5 heteroatoms. The number of nitrogens with zero attached hydrogens (tertiary/aromatic N) is 1. The van der Waals surface area contributed by atoms with Crippen LogP contribution in [-0.4, -0.2) is 16.7 Å². The van der Waals surface area contributed by atoms with E-state index in [0.29, 0.717) is 5.02 Å². The maximum Gasteiger partial charge on any atom is 0.119 e. The molecule has 1 N–H and O–H groups in total. The maximum atomic E-state index is 6.38. The van der Waals surface area contributed by atoms with Crippen LogP contribution in [0.25, 0.3) is 17.1 Å². The lowest BCUT2D eigenvalue weighted by Crippen LogP contribution is -2.06. The Labute approximate surface area is 209 Å². The minimum absolute atomic E-state index is 0.713. The predicted octanol–water partition coefficient (Wildman–Crippen LogP) is 7.97. The molecule has 170 valence electrons. The first-order valence-corrected chi connectivity index (χ1v) is 11.9. The second-order valence-electron chi connectivity index (χ2n) is 8.23. The average Bonchev–Trinajstić information content (AvgIpc) is 3.49. The summed E-state index contributed by atoms with van der Waals surface area (Å²) in [5.41, 5.74) is 7.00. The third-order valence-electron chi connectivity index (χ3n) is 5.95. The van der Waals surface area contributed by atoms with Crippen LogP contribution in [0.15, 0.2) is 97.2 Å². The fourth-order valence-corrected chi connectivity index (χ4v) is 4.66. The van der Waals surface area contributed by atoms with Gasteiger partial charge >= 0.3 is 0 Å². The van der Waals surface area contributed by atoms with E-state index in [9.17, 15) is 0 Å². The van der Waals surface area contributed by atoms with Gasteiger partial charge in [-0.15, -0.1) is 0 Å². The van der Waals surface area contributed by atoms with Crippen molar-refractivity contribution in [3.05, 3.63) is 130 Å². The second-order valence-corrected chi connectivity index (χ2v) is 9.11. The summed E-state index contributed by atoms with van der Waals surface area (Å²) in [5, 5.41) is 1.45. The van der Waals surface area contributed by atoms with Gasteiger partial charge in [-0.25, -0.2) is 0 Å². The molecule has 2 aromatic heterocycles. The third kappa shape index (κ3) is 4.77. The standard InChI is InChI=1S/C29H24Cl2N2O/c1-34-26-8-2-5-21(16-26)15-23-19-28(22-6-3-7-25(31)18-22)33(29-9-4-14-32-29)27(23)17-20-10-12-24(30)13-11-20/h2-14,16,18-19,32H,15,17H2,1H3. The number of aromatic nitrogens is 2. The van der Waals surface area contributed by atoms with Crippen molar-refractivity contribution >= 4 is 23.2 Å². The van der Waals surface area contributed by atoms with Crippen molar-refractivity contribution < 1.29 is 4.74 Å². The van der Waals surface area contributed by atoms with Crippen LogP contribution in [-0.2, 0) is 12.8 Å². The van der Waals surface area contributed by atoms with Gasteiger partial charge in [-0.3, -0.25) is 4.57 Å². The molecule has 0 aliphatic carbocycles. The lowest BCUT2D eigenvalue weighted by molar-refractivity contribution is 0.414. The Hall–Kier alpha value is -3.40. The first-order valence-electron chi connectivity index (χ1n) is 11.1. The van der Waals surface area contributed by atoms with Crippen LogP contribution in [0.1, 0.15) is 22.4 Å². The Bertz CT molecular complexity index is 1400. The van der Waals surface area contributed by atoms with Gasteiger partial charge in [0.15, 0.2) is 0 Å². The number of hydrogen-bond donors (Lipinski definition) is 1. The highest BCUT2D eigenvalue weighted by Crippen LogP contribution is 2.33. The van der Waals surface area contributed by atoms with Crippen LogP contribution >= 0.6 is 23.2 Å². The van der Waals surface area contributed by atoms with E-state index in [4.69, 9.17) is 27.9 Å². The molecular formula is C29H24Cl2N2O. The molecule has 0 radical (unpaired) electrons. The molecule has 3 aromatic carbocycles. The van der Waals surface area contributed by atoms with Crippen molar-refractivity contribution in [2.24, 2.45) is 0 Å². The fourth-order valence-electron chi connectivity index (χ4n) is 4.34. The summed E-state index contributed by atoms with van der Waals surface area (Å²) in [6.07, 6.45) is 3.49. The highest BCUT2D eigenvalue weighted by atomic mass is 35.5. The highest BCUT2D eigenvalue weighted by molar-refractivity contribution is 6.31. The van der Waals surface area contributed by atoms with E-state index < -0.39 is 0 Å².